The van der Waals surface area contributed by atoms with Gasteiger partial charge in [-0.1, -0.05) is 64.7 Å². The summed E-state index contributed by atoms with van der Waals surface area (Å²) in [5.74, 6) is 0. The van der Waals surface area contributed by atoms with Gasteiger partial charge in [0.25, 0.3) is 0 Å². The minimum absolute atomic E-state index is 0.0760. The Balaban J connectivity index is 3.59. The van der Waals surface area contributed by atoms with Gasteiger partial charge in [-0.25, -0.2) is 0 Å². The van der Waals surface area contributed by atoms with E-state index >= 15 is 0 Å². The molecule has 0 saturated heterocycles. The Kier molecular flexibility index (Phi) is 13.4. The summed E-state index contributed by atoms with van der Waals surface area (Å²) in [5, 5.41) is 0. The quantitative estimate of drug-likeness (QED) is 0.287. The molecule has 20 heavy (non-hydrogen) atoms. The molecule has 0 aliphatic heterocycles. The Hall–Kier alpha value is 0.447. The molecule has 0 bridgehead atoms. The van der Waals surface area contributed by atoms with Gasteiger partial charge < -0.3 is 13.3 Å². The van der Waals surface area contributed by atoms with E-state index in [0.29, 0.717) is 0 Å². The van der Waals surface area contributed by atoms with Crippen molar-refractivity contribution < 1.29 is 13.3 Å². The number of hydrogen-bond donors (Lipinski definition) is 1. The van der Waals surface area contributed by atoms with Crippen LogP contribution in [0.1, 0.15) is 71.1 Å². The standard InChI is InChI=1S/C15H34O3SSi/c1-5-6-7-8-9-10-11-12-13-14-15(19)20(16-2,17-3)18-4/h15,19H,5-14H2,1-4H3. The first kappa shape index (κ1) is 20.4. The molecule has 0 aliphatic rings. The SMILES string of the molecule is CCCCCCCCCCCC(S)[Si](OC)(OC)OC. The van der Waals surface area contributed by atoms with Crippen molar-refractivity contribution in [1.29, 1.82) is 0 Å². The molecule has 3 nitrogen and oxygen atoms in total. The zero-order valence-corrected chi connectivity index (χ0v) is 15.7. The molecule has 0 spiro atoms. The second-order valence-electron chi connectivity index (χ2n) is 5.35. The average molecular weight is 323 g/mol. The Morgan fingerprint density at radius 1 is 0.750 bits per heavy atom. The molecule has 0 amide bonds. The highest BCUT2D eigenvalue weighted by Gasteiger charge is 2.44. The van der Waals surface area contributed by atoms with E-state index in [4.69, 9.17) is 13.3 Å². The van der Waals surface area contributed by atoms with E-state index in [1.54, 1.807) is 21.3 Å². The van der Waals surface area contributed by atoms with Crippen LogP contribution in [0.4, 0.5) is 0 Å². The van der Waals surface area contributed by atoms with Crippen molar-refractivity contribution in [2.45, 2.75) is 76.0 Å². The summed E-state index contributed by atoms with van der Waals surface area (Å²) < 4.78 is 16.3. The van der Waals surface area contributed by atoms with Gasteiger partial charge in [0.2, 0.25) is 0 Å². The summed E-state index contributed by atoms with van der Waals surface area (Å²) in [5.41, 5.74) is 0. The lowest BCUT2D eigenvalue weighted by atomic mass is 10.1. The molecule has 0 N–H and O–H groups in total. The van der Waals surface area contributed by atoms with Crippen molar-refractivity contribution in [1.82, 2.24) is 0 Å². The minimum atomic E-state index is -2.55. The highest BCUT2D eigenvalue weighted by Crippen LogP contribution is 2.22. The van der Waals surface area contributed by atoms with E-state index < -0.39 is 8.80 Å². The third-order valence-corrected chi connectivity index (χ3v) is 7.86. The van der Waals surface area contributed by atoms with E-state index in [0.717, 1.165) is 6.42 Å². The molecule has 0 heterocycles. The number of hydrogen-bond acceptors (Lipinski definition) is 4. The highest BCUT2D eigenvalue weighted by atomic mass is 32.1. The van der Waals surface area contributed by atoms with Crippen molar-refractivity contribution in [2.75, 3.05) is 21.3 Å². The molecule has 0 radical (unpaired) electrons. The van der Waals surface area contributed by atoms with Gasteiger partial charge in [-0.2, -0.15) is 12.6 Å². The second kappa shape index (κ2) is 13.1. The van der Waals surface area contributed by atoms with Gasteiger partial charge in [0.1, 0.15) is 0 Å². The van der Waals surface area contributed by atoms with Crippen LogP contribution >= 0.6 is 12.6 Å². The molecular formula is C15H34O3SSi. The number of rotatable bonds is 14. The lowest BCUT2D eigenvalue weighted by Gasteiger charge is -2.29. The van der Waals surface area contributed by atoms with Gasteiger partial charge in [-0.05, 0) is 6.42 Å². The molecule has 0 aromatic heterocycles. The van der Waals surface area contributed by atoms with Crippen LogP contribution in [-0.4, -0.2) is 35.0 Å². The summed E-state index contributed by atoms with van der Waals surface area (Å²) in [4.78, 5) is 0.0760. The van der Waals surface area contributed by atoms with E-state index in [2.05, 4.69) is 19.6 Å². The van der Waals surface area contributed by atoms with Gasteiger partial charge >= 0.3 is 8.80 Å². The van der Waals surface area contributed by atoms with Gasteiger partial charge in [0.15, 0.2) is 0 Å². The van der Waals surface area contributed by atoms with Crippen LogP contribution in [0.25, 0.3) is 0 Å². The third kappa shape index (κ3) is 8.03. The number of thiol groups is 1. The predicted molar refractivity (Wildman–Crippen MR) is 91.4 cm³/mol. The maximum absolute atomic E-state index is 5.45. The molecule has 1 unspecified atom stereocenters. The molecule has 0 fully saturated rings. The molecule has 0 aromatic rings. The molecule has 0 saturated carbocycles. The third-order valence-electron chi connectivity index (χ3n) is 3.84. The minimum Gasteiger partial charge on any atom is -0.376 e. The fourth-order valence-corrected chi connectivity index (χ4v) is 5.49. The highest BCUT2D eigenvalue weighted by molar-refractivity contribution is 7.83. The largest absolute Gasteiger partial charge is 0.513 e. The average Bonchev–Trinajstić information content (AvgIpc) is 2.48. The van der Waals surface area contributed by atoms with E-state index in [-0.39, 0.29) is 4.87 Å². The summed E-state index contributed by atoms with van der Waals surface area (Å²) >= 11 is 4.62. The summed E-state index contributed by atoms with van der Waals surface area (Å²) in [7, 11) is 2.41. The van der Waals surface area contributed by atoms with E-state index in [1.165, 1.54) is 57.8 Å². The van der Waals surface area contributed by atoms with Crippen LogP contribution in [0.15, 0.2) is 0 Å². The molecular weight excluding hydrogens is 288 g/mol. The summed E-state index contributed by atoms with van der Waals surface area (Å²) in [6.45, 7) is 2.26. The van der Waals surface area contributed by atoms with Crippen LogP contribution in [0.5, 0.6) is 0 Å². The summed E-state index contributed by atoms with van der Waals surface area (Å²) in [6.07, 6.45) is 13.0. The second-order valence-corrected chi connectivity index (χ2v) is 9.59. The van der Waals surface area contributed by atoms with Crippen LogP contribution in [0, 0.1) is 0 Å². The molecule has 0 rings (SSSR count). The molecule has 0 aromatic carbocycles. The first-order chi connectivity index (χ1) is 9.66. The van der Waals surface area contributed by atoms with Crippen LogP contribution < -0.4 is 0 Å². The molecule has 122 valence electrons. The lowest BCUT2D eigenvalue weighted by molar-refractivity contribution is 0.120. The van der Waals surface area contributed by atoms with Crippen LogP contribution in [-0.2, 0) is 13.3 Å². The predicted octanol–water partition coefficient (Wildman–Crippen LogP) is 4.62. The Morgan fingerprint density at radius 2 is 1.15 bits per heavy atom. The van der Waals surface area contributed by atoms with Crippen LogP contribution in [0.2, 0.25) is 0 Å². The Morgan fingerprint density at radius 3 is 1.55 bits per heavy atom. The molecule has 1 atom stereocenters. The molecule has 5 heteroatoms. The Bertz CT molecular complexity index is 205. The normalized spacial score (nSPS) is 13.7. The van der Waals surface area contributed by atoms with Gasteiger partial charge in [0.05, 0.1) is 4.87 Å². The number of unbranched alkanes of at least 4 members (excludes halogenated alkanes) is 8. The fraction of sp³-hybridized carbons (Fsp3) is 1.00. The van der Waals surface area contributed by atoms with Crippen molar-refractivity contribution in [2.24, 2.45) is 0 Å². The van der Waals surface area contributed by atoms with Crippen molar-refractivity contribution in [3.05, 3.63) is 0 Å². The van der Waals surface area contributed by atoms with E-state index in [1.807, 2.05) is 0 Å². The Labute approximate surface area is 132 Å². The van der Waals surface area contributed by atoms with Crippen molar-refractivity contribution >= 4 is 21.4 Å². The summed E-state index contributed by atoms with van der Waals surface area (Å²) in [6, 6.07) is 0. The van der Waals surface area contributed by atoms with Gasteiger partial charge in [0, 0.05) is 21.3 Å². The maximum Gasteiger partial charge on any atom is 0.513 e. The first-order valence-corrected chi connectivity index (χ1v) is 10.3. The van der Waals surface area contributed by atoms with Crippen molar-refractivity contribution in [3.63, 3.8) is 0 Å². The van der Waals surface area contributed by atoms with E-state index in [9.17, 15) is 0 Å². The maximum atomic E-state index is 5.45. The molecule has 0 aliphatic carbocycles. The lowest BCUT2D eigenvalue weighted by Crippen LogP contribution is -2.52. The first-order valence-electron chi connectivity index (χ1n) is 8.00. The van der Waals surface area contributed by atoms with Crippen molar-refractivity contribution in [3.8, 4) is 0 Å². The van der Waals surface area contributed by atoms with Crippen LogP contribution in [0.3, 0.4) is 0 Å². The smallest absolute Gasteiger partial charge is 0.376 e. The van der Waals surface area contributed by atoms with Gasteiger partial charge in [-0.15, -0.1) is 0 Å². The monoisotopic (exact) mass is 322 g/mol. The zero-order chi connectivity index (χ0) is 15.3. The zero-order valence-electron chi connectivity index (χ0n) is 13.8. The topological polar surface area (TPSA) is 27.7 Å². The van der Waals surface area contributed by atoms with Gasteiger partial charge in [-0.3, -0.25) is 0 Å². The fourth-order valence-electron chi connectivity index (χ4n) is 2.48.